The van der Waals surface area contributed by atoms with Gasteiger partial charge in [0.05, 0.1) is 11.9 Å². The Balaban J connectivity index is 1.83. The van der Waals surface area contributed by atoms with E-state index in [1.54, 1.807) is 37.4 Å². The van der Waals surface area contributed by atoms with Crippen molar-refractivity contribution in [1.82, 2.24) is 4.90 Å². The molecule has 0 saturated carbocycles. The maximum absolute atomic E-state index is 13.3. The molecule has 0 spiro atoms. The molecule has 2 aromatic carbocycles. The summed E-state index contributed by atoms with van der Waals surface area (Å²) in [4.78, 5) is 14.2. The van der Waals surface area contributed by atoms with E-state index in [0.717, 1.165) is 5.56 Å². The number of rotatable bonds is 4. The van der Waals surface area contributed by atoms with Crippen LogP contribution in [0.25, 0.3) is 0 Å². The molecule has 0 bridgehead atoms. The van der Waals surface area contributed by atoms with Crippen LogP contribution in [-0.4, -0.2) is 38.6 Å². The molecule has 1 amide bonds. The number of carbonyl (C=O) groups is 1. The summed E-state index contributed by atoms with van der Waals surface area (Å²) >= 11 is 0. The van der Waals surface area contributed by atoms with Crippen LogP contribution in [0.2, 0.25) is 0 Å². The Morgan fingerprint density at radius 3 is 2.65 bits per heavy atom. The molecule has 0 radical (unpaired) electrons. The van der Waals surface area contributed by atoms with E-state index in [9.17, 15) is 17.6 Å². The molecule has 0 saturated heterocycles. The fraction of sp³-hybridized carbons (Fsp3) is 0.316. The van der Waals surface area contributed by atoms with Crippen LogP contribution in [0, 0.1) is 5.82 Å². The highest BCUT2D eigenvalue weighted by Crippen LogP contribution is 2.34. The van der Waals surface area contributed by atoms with Crippen molar-refractivity contribution < 1.29 is 17.6 Å². The normalized spacial score (nSPS) is 16.5. The van der Waals surface area contributed by atoms with E-state index in [4.69, 9.17) is 0 Å². The van der Waals surface area contributed by atoms with Gasteiger partial charge in [-0.2, -0.15) is 0 Å². The Morgan fingerprint density at radius 1 is 1.27 bits per heavy atom. The predicted molar refractivity (Wildman–Crippen MR) is 99.1 cm³/mol. The van der Waals surface area contributed by atoms with E-state index < -0.39 is 10.0 Å². The lowest BCUT2D eigenvalue weighted by Gasteiger charge is -2.22. The van der Waals surface area contributed by atoms with Crippen molar-refractivity contribution in [2.75, 3.05) is 17.6 Å². The average Bonchev–Trinajstić information content (AvgIpc) is 2.88. The summed E-state index contributed by atoms with van der Waals surface area (Å²) in [5.41, 5.74) is 2.67. The first-order valence-corrected chi connectivity index (χ1v) is 10.1. The Hall–Kier alpha value is -2.41. The topological polar surface area (TPSA) is 57.7 Å². The lowest BCUT2D eigenvalue weighted by Crippen LogP contribution is -2.34. The van der Waals surface area contributed by atoms with Crippen LogP contribution in [0.15, 0.2) is 42.5 Å². The highest BCUT2D eigenvalue weighted by molar-refractivity contribution is 7.92. The summed E-state index contributed by atoms with van der Waals surface area (Å²) in [6, 6.07) is 11.0. The number of anilines is 1. The van der Waals surface area contributed by atoms with Crippen LogP contribution in [0.4, 0.5) is 10.1 Å². The lowest BCUT2D eigenvalue weighted by atomic mass is 10.1. The van der Waals surface area contributed by atoms with Crippen molar-refractivity contribution in [1.29, 1.82) is 0 Å². The standard InChI is InChI=1S/C19H21FN2O3S/c1-13-9-16-11-15(7-8-18(16)22(13)26(3,24)25)19(23)21(2)12-14-5-4-6-17(20)10-14/h4-8,10-11,13H,9,12H2,1-3H3. The first-order valence-electron chi connectivity index (χ1n) is 8.29. The van der Waals surface area contributed by atoms with E-state index >= 15 is 0 Å². The fourth-order valence-electron chi connectivity index (χ4n) is 3.44. The second-order valence-electron chi connectivity index (χ2n) is 6.75. The van der Waals surface area contributed by atoms with Crippen molar-refractivity contribution in [2.45, 2.75) is 25.9 Å². The van der Waals surface area contributed by atoms with Crippen LogP contribution in [0.1, 0.15) is 28.4 Å². The molecule has 26 heavy (non-hydrogen) atoms. The SMILES string of the molecule is CC1Cc2cc(C(=O)N(C)Cc3cccc(F)c3)ccc2N1S(C)(=O)=O. The van der Waals surface area contributed by atoms with E-state index in [1.165, 1.54) is 27.6 Å². The van der Waals surface area contributed by atoms with Crippen LogP contribution < -0.4 is 4.31 Å². The molecule has 3 rings (SSSR count). The second kappa shape index (κ2) is 6.72. The molecule has 1 aliphatic heterocycles. The van der Waals surface area contributed by atoms with Gasteiger partial charge < -0.3 is 4.90 Å². The van der Waals surface area contributed by atoms with Crippen molar-refractivity contribution in [3.05, 3.63) is 65.0 Å². The highest BCUT2D eigenvalue weighted by Gasteiger charge is 2.33. The summed E-state index contributed by atoms with van der Waals surface area (Å²) in [5, 5.41) is 0. The summed E-state index contributed by atoms with van der Waals surface area (Å²) in [5.74, 6) is -0.529. The monoisotopic (exact) mass is 376 g/mol. The zero-order chi connectivity index (χ0) is 19.1. The number of benzene rings is 2. The van der Waals surface area contributed by atoms with Gasteiger partial charge in [0.25, 0.3) is 5.91 Å². The van der Waals surface area contributed by atoms with Gasteiger partial charge in [-0.1, -0.05) is 12.1 Å². The van der Waals surface area contributed by atoms with E-state index in [2.05, 4.69) is 0 Å². The molecule has 0 N–H and O–H groups in total. The first-order chi connectivity index (χ1) is 12.2. The minimum Gasteiger partial charge on any atom is -0.337 e. The molecule has 0 fully saturated rings. The third-order valence-electron chi connectivity index (χ3n) is 4.49. The van der Waals surface area contributed by atoms with Gasteiger partial charge in [0.2, 0.25) is 10.0 Å². The smallest absolute Gasteiger partial charge is 0.253 e. The molecule has 0 aliphatic carbocycles. The molecule has 1 aliphatic rings. The number of carbonyl (C=O) groups excluding carboxylic acids is 1. The number of hydrogen-bond donors (Lipinski definition) is 0. The van der Waals surface area contributed by atoms with Crippen molar-refractivity contribution in [2.24, 2.45) is 0 Å². The van der Waals surface area contributed by atoms with Gasteiger partial charge in [0, 0.05) is 25.2 Å². The Bertz CT molecular complexity index is 959. The summed E-state index contributed by atoms with van der Waals surface area (Å²) in [6.07, 6.45) is 1.75. The molecule has 5 nitrogen and oxygen atoms in total. The first kappa shape index (κ1) is 18.4. The molecule has 0 aromatic heterocycles. The molecule has 2 aromatic rings. The summed E-state index contributed by atoms with van der Waals surface area (Å²) < 4.78 is 38.7. The third-order valence-corrected chi connectivity index (χ3v) is 5.76. The number of amides is 1. The van der Waals surface area contributed by atoms with E-state index in [1.807, 2.05) is 6.92 Å². The van der Waals surface area contributed by atoms with Gasteiger partial charge in [-0.05, 0) is 54.8 Å². The average molecular weight is 376 g/mol. The Kier molecular flexibility index (Phi) is 4.75. The lowest BCUT2D eigenvalue weighted by molar-refractivity contribution is 0.0785. The van der Waals surface area contributed by atoms with Crippen LogP contribution >= 0.6 is 0 Å². The summed E-state index contributed by atoms with van der Waals surface area (Å²) in [6.45, 7) is 2.14. The number of fused-ring (bicyclic) bond motifs is 1. The third kappa shape index (κ3) is 3.58. The Labute approximate surface area is 153 Å². The van der Waals surface area contributed by atoms with Gasteiger partial charge in [-0.3, -0.25) is 9.10 Å². The quantitative estimate of drug-likeness (QED) is 0.825. The van der Waals surface area contributed by atoms with Crippen molar-refractivity contribution in [3.8, 4) is 0 Å². The number of hydrogen-bond acceptors (Lipinski definition) is 3. The minimum atomic E-state index is -3.36. The van der Waals surface area contributed by atoms with E-state index in [-0.39, 0.29) is 17.8 Å². The molecule has 1 unspecified atom stereocenters. The maximum Gasteiger partial charge on any atom is 0.253 e. The zero-order valence-corrected chi connectivity index (χ0v) is 15.8. The maximum atomic E-state index is 13.3. The molecule has 1 atom stereocenters. The van der Waals surface area contributed by atoms with Gasteiger partial charge in [0.1, 0.15) is 5.82 Å². The predicted octanol–water partition coefficient (Wildman–Crippen LogP) is 2.81. The minimum absolute atomic E-state index is 0.171. The zero-order valence-electron chi connectivity index (χ0n) is 14.9. The molecular weight excluding hydrogens is 355 g/mol. The van der Waals surface area contributed by atoms with Crippen LogP contribution in [-0.2, 0) is 23.0 Å². The van der Waals surface area contributed by atoms with Gasteiger partial charge in [-0.25, -0.2) is 12.8 Å². The molecular formula is C19H21FN2O3S. The van der Waals surface area contributed by atoms with Crippen LogP contribution in [0.5, 0.6) is 0 Å². The highest BCUT2D eigenvalue weighted by atomic mass is 32.2. The number of halogens is 1. The van der Waals surface area contributed by atoms with Gasteiger partial charge in [-0.15, -0.1) is 0 Å². The second-order valence-corrected chi connectivity index (χ2v) is 8.61. The Morgan fingerprint density at radius 2 is 2.00 bits per heavy atom. The van der Waals surface area contributed by atoms with Gasteiger partial charge >= 0.3 is 0 Å². The molecule has 7 heteroatoms. The molecule has 138 valence electrons. The van der Waals surface area contributed by atoms with Crippen molar-refractivity contribution in [3.63, 3.8) is 0 Å². The molecule has 1 heterocycles. The number of nitrogens with zero attached hydrogens (tertiary/aromatic N) is 2. The van der Waals surface area contributed by atoms with Crippen molar-refractivity contribution >= 4 is 21.6 Å². The fourth-order valence-corrected chi connectivity index (χ4v) is 4.71. The van der Waals surface area contributed by atoms with Gasteiger partial charge in [0.15, 0.2) is 0 Å². The largest absolute Gasteiger partial charge is 0.337 e. The van der Waals surface area contributed by atoms with Crippen LogP contribution in [0.3, 0.4) is 0 Å². The summed E-state index contributed by atoms with van der Waals surface area (Å²) in [7, 11) is -1.70. The number of sulfonamides is 1. The van der Waals surface area contributed by atoms with E-state index in [0.29, 0.717) is 29.8 Å².